The van der Waals surface area contributed by atoms with Gasteiger partial charge in [0.15, 0.2) is 5.16 Å². The topological polar surface area (TPSA) is 92.0 Å². The zero-order chi connectivity index (χ0) is 13.1. The van der Waals surface area contributed by atoms with E-state index in [-0.39, 0.29) is 17.4 Å². The molecule has 6 heteroatoms. The fourth-order valence-electron chi connectivity index (χ4n) is 1.62. The number of hydrogen-bond donors (Lipinski definition) is 3. The number of fused-ring (bicyclic) bond motifs is 1. The average molecular weight is 265 g/mol. The molecule has 0 aliphatic rings. The van der Waals surface area contributed by atoms with Crippen molar-refractivity contribution in [2.45, 2.75) is 23.8 Å². The minimum Gasteiger partial charge on any atom is -0.399 e. The zero-order valence-corrected chi connectivity index (χ0v) is 10.8. The highest BCUT2D eigenvalue weighted by Crippen LogP contribution is 2.22. The highest BCUT2D eigenvalue weighted by Gasteiger charge is 2.08. The Morgan fingerprint density at radius 2 is 2.33 bits per heavy atom. The van der Waals surface area contributed by atoms with Crippen LogP contribution in [-0.4, -0.2) is 26.9 Å². The van der Waals surface area contributed by atoms with Gasteiger partial charge in [0.05, 0.1) is 10.9 Å². The van der Waals surface area contributed by atoms with E-state index in [1.54, 1.807) is 18.2 Å². The van der Waals surface area contributed by atoms with E-state index >= 15 is 0 Å². The maximum Gasteiger partial charge on any atom is 0.259 e. The van der Waals surface area contributed by atoms with E-state index in [0.717, 1.165) is 0 Å². The van der Waals surface area contributed by atoms with E-state index in [2.05, 4.69) is 9.97 Å². The van der Waals surface area contributed by atoms with Gasteiger partial charge >= 0.3 is 0 Å². The first kappa shape index (κ1) is 12.9. The van der Waals surface area contributed by atoms with Crippen LogP contribution in [0.3, 0.4) is 0 Å². The number of anilines is 1. The summed E-state index contributed by atoms with van der Waals surface area (Å²) in [6.07, 6.45) is 0.661. The smallest absolute Gasteiger partial charge is 0.259 e. The molecule has 1 aromatic heterocycles. The number of nitrogens with two attached hydrogens (primary N) is 1. The summed E-state index contributed by atoms with van der Waals surface area (Å²) in [6.45, 7) is 2.11. The Hall–Kier alpha value is -1.53. The molecule has 1 heterocycles. The number of rotatable bonds is 4. The molecule has 2 aromatic rings. The number of nitrogens with one attached hydrogen (secondary N) is 1. The van der Waals surface area contributed by atoms with Crippen LogP contribution in [-0.2, 0) is 0 Å². The molecule has 0 fully saturated rings. The van der Waals surface area contributed by atoms with Crippen molar-refractivity contribution in [3.63, 3.8) is 0 Å². The number of aliphatic hydroxyl groups excluding tert-OH is 1. The molecule has 1 atom stereocenters. The van der Waals surface area contributed by atoms with Crippen LogP contribution in [0, 0.1) is 0 Å². The Bertz CT molecular complexity index is 612. The first-order chi connectivity index (χ1) is 8.60. The van der Waals surface area contributed by atoms with Gasteiger partial charge in [-0.2, -0.15) is 0 Å². The SMILES string of the molecule is CC(CCO)Sc1nc2ccc(N)cc2c(=O)[nH]1. The number of thioether (sulfide) groups is 1. The normalized spacial score (nSPS) is 12.8. The third kappa shape index (κ3) is 2.83. The molecule has 0 amide bonds. The zero-order valence-electron chi connectivity index (χ0n) is 10.0. The Labute approximate surface area is 108 Å². The Morgan fingerprint density at radius 1 is 1.56 bits per heavy atom. The summed E-state index contributed by atoms with van der Waals surface area (Å²) in [5.74, 6) is 0. The summed E-state index contributed by atoms with van der Waals surface area (Å²) in [6, 6.07) is 5.08. The van der Waals surface area contributed by atoms with Gasteiger partial charge in [0.25, 0.3) is 5.56 Å². The lowest BCUT2D eigenvalue weighted by Gasteiger charge is -2.08. The minimum atomic E-state index is -0.189. The summed E-state index contributed by atoms with van der Waals surface area (Å²) >= 11 is 1.44. The lowest BCUT2D eigenvalue weighted by molar-refractivity contribution is 0.289. The molecule has 0 radical (unpaired) electrons. The number of aliphatic hydroxyl groups is 1. The highest BCUT2D eigenvalue weighted by atomic mass is 32.2. The number of nitrogens with zero attached hydrogens (tertiary/aromatic N) is 1. The van der Waals surface area contributed by atoms with Gasteiger partial charge in [-0.3, -0.25) is 4.79 Å². The van der Waals surface area contributed by atoms with Crippen LogP contribution >= 0.6 is 11.8 Å². The maximum atomic E-state index is 11.9. The molecule has 5 nitrogen and oxygen atoms in total. The molecule has 0 aliphatic heterocycles. The van der Waals surface area contributed by atoms with Crippen molar-refractivity contribution >= 4 is 28.4 Å². The maximum absolute atomic E-state index is 11.9. The summed E-state index contributed by atoms with van der Waals surface area (Å²) in [7, 11) is 0. The van der Waals surface area contributed by atoms with Crippen LogP contribution < -0.4 is 11.3 Å². The van der Waals surface area contributed by atoms with Gasteiger partial charge in [-0.25, -0.2) is 4.98 Å². The average Bonchev–Trinajstić information content (AvgIpc) is 2.30. The summed E-state index contributed by atoms with van der Waals surface area (Å²) in [5.41, 5.74) is 6.63. The van der Waals surface area contributed by atoms with E-state index < -0.39 is 0 Å². The minimum absolute atomic E-state index is 0.127. The van der Waals surface area contributed by atoms with Gasteiger partial charge in [-0.05, 0) is 24.6 Å². The summed E-state index contributed by atoms with van der Waals surface area (Å²) in [4.78, 5) is 19.0. The van der Waals surface area contributed by atoms with Crippen molar-refractivity contribution < 1.29 is 5.11 Å². The van der Waals surface area contributed by atoms with Gasteiger partial charge in [-0.1, -0.05) is 18.7 Å². The van der Waals surface area contributed by atoms with Crippen molar-refractivity contribution in [1.82, 2.24) is 9.97 Å². The van der Waals surface area contributed by atoms with Crippen LogP contribution in [0.25, 0.3) is 10.9 Å². The molecule has 0 bridgehead atoms. The molecule has 0 aliphatic carbocycles. The molecule has 96 valence electrons. The number of aromatic amines is 1. The predicted molar refractivity (Wildman–Crippen MR) is 73.8 cm³/mol. The number of benzene rings is 1. The van der Waals surface area contributed by atoms with Gasteiger partial charge in [-0.15, -0.1) is 0 Å². The fourth-order valence-corrected chi connectivity index (χ4v) is 2.53. The number of nitrogen functional groups attached to an aromatic ring is 1. The van der Waals surface area contributed by atoms with E-state index in [9.17, 15) is 4.79 Å². The van der Waals surface area contributed by atoms with Crippen molar-refractivity contribution in [1.29, 1.82) is 0 Å². The van der Waals surface area contributed by atoms with Crippen molar-refractivity contribution in [3.05, 3.63) is 28.6 Å². The van der Waals surface area contributed by atoms with Crippen LogP contribution in [0.15, 0.2) is 28.2 Å². The summed E-state index contributed by atoms with van der Waals surface area (Å²) < 4.78 is 0. The van der Waals surface area contributed by atoms with Gasteiger partial charge in [0.2, 0.25) is 0 Å². The lowest BCUT2D eigenvalue weighted by atomic mass is 10.2. The van der Waals surface area contributed by atoms with E-state index in [0.29, 0.717) is 28.2 Å². The largest absolute Gasteiger partial charge is 0.399 e. The van der Waals surface area contributed by atoms with Gasteiger partial charge in [0.1, 0.15) is 0 Å². The molecule has 1 aromatic carbocycles. The first-order valence-electron chi connectivity index (χ1n) is 5.67. The second-order valence-electron chi connectivity index (χ2n) is 4.09. The highest BCUT2D eigenvalue weighted by molar-refractivity contribution is 7.99. The van der Waals surface area contributed by atoms with E-state index in [1.165, 1.54) is 11.8 Å². The third-order valence-electron chi connectivity index (χ3n) is 2.56. The number of hydrogen-bond acceptors (Lipinski definition) is 5. The molecule has 2 rings (SSSR count). The third-order valence-corrected chi connectivity index (χ3v) is 3.61. The van der Waals surface area contributed by atoms with Crippen LogP contribution in [0.5, 0.6) is 0 Å². The summed E-state index contributed by atoms with van der Waals surface area (Å²) in [5, 5.41) is 10.1. The Balaban J connectivity index is 2.37. The Kier molecular flexibility index (Phi) is 3.88. The quantitative estimate of drug-likeness (QED) is 0.441. The predicted octanol–water partition coefficient (Wildman–Crippen LogP) is 1.37. The van der Waals surface area contributed by atoms with E-state index in [4.69, 9.17) is 10.8 Å². The molecular weight excluding hydrogens is 250 g/mol. The molecular formula is C12H15N3O2S. The fraction of sp³-hybridized carbons (Fsp3) is 0.333. The number of aromatic nitrogens is 2. The van der Waals surface area contributed by atoms with Crippen molar-refractivity contribution in [2.24, 2.45) is 0 Å². The molecule has 18 heavy (non-hydrogen) atoms. The lowest BCUT2D eigenvalue weighted by Crippen LogP contribution is -2.11. The second kappa shape index (κ2) is 5.41. The molecule has 0 spiro atoms. The molecule has 4 N–H and O–H groups in total. The molecule has 0 saturated carbocycles. The van der Waals surface area contributed by atoms with Crippen LogP contribution in [0.4, 0.5) is 5.69 Å². The van der Waals surface area contributed by atoms with Crippen molar-refractivity contribution in [3.8, 4) is 0 Å². The standard InChI is InChI=1S/C12H15N3O2S/c1-7(4-5-16)18-12-14-10-3-2-8(13)6-9(10)11(17)15-12/h2-3,6-7,16H,4-5,13H2,1H3,(H,14,15,17). The van der Waals surface area contributed by atoms with Crippen molar-refractivity contribution in [2.75, 3.05) is 12.3 Å². The van der Waals surface area contributed by atoms with Gasteiger partial charge in [0, 0.05) is 17.5 Å². The molecule has 1 unspecified atom stereocenters. The van der Waals surface area contributed by atoms with E-state index in [1.807, 2.05) is 6.92 Å². The monoisotopic (exact) mass is 265 g/mol. The first-order valence-corrected chi connectivity index (χ1v) is 6.55. The van der Waals surface area contributed by atoms with Crippen LogP contribution in [0.2, 0.25) is 0 Å². The second-order valence-corrected chi connectivity index (χ2v) is 5.52. The van der Waals surface area contributed by atoms with Gasteiger partial charge < -0.3 is 15.8 Å². The molecule has 0 saturated heterocycles. The van der Waals surface area contributed by atoms with Crippen LogP contribution in [0.1, 0.15) is 13.3 Å². The number of H-pyrrole nitrogens is 1. The Morgan fingerprint density at radius 3 is 3.06 bits per heavy atom.